The van der Waals surface area contributed by atoms with E-state index in [0.717, 1.165) is 23.3 Å². The Morgan fingerprint density at radius 2 is 1.91 bits per heavy atom. The van der Waals surface area contributed by atoms with Gasteiger partial charge in [0.2, 0.25) is 4.96 Å². The van der Waals surface area contributed by atoms with Crippen molar-refractivity contribution in [3.05, 3.63) is 69.0 Å². The van der Waals surface area contributed by atoms with Crippen LogP contribution in [-0.4, -0.2) is 27.2 Å². The van der Waals surface area contributed by atoms with E-state index < -0.39 is 5.97 Å². The number of carbonyl (C=O) groups is 1. The molecule has 4 rings (SSSR count). The van der Waals surface area contributed by atoms with Gasteiger partial charge in [-0.2, -0.15) is 9.50 Å². The SMILES string of the molecule is CCCCCCOc1ccc(-c2nc3s/c(=C\c4cccc(OC(C)=O)c4)c(=O)n3n2)cc1. The van der Waals surface area contributed by atoms with Crippen LogP contribution in [0.5, 0.6) is 11.5 Å². The average Bonchev–Trinajstić information content (AvgIpc) is 3.33. The second kappa shape index (κ2) is 10.4. The molecule has 33 heavy (non-hydrogen) atoms. The maximum absolute atomic E-state index is 12.8. The summed E-state index contributed by atoms with van der Waals surface area (Å²) in [6.45, 7) is 4.24. The quantitative estimate of drug-likeness (QED) is 0.210. The van der Waals surface area contributed by atoms with Gasteiger partial charge < -0.3 is 9.47 Å². The van der Waals surface area contributed by atoms with Gasteiger partial charge in [-0.05, 0) is 54.5 Å². The summed E-state index contributed by atoms with van der Waals surface area (Å²) < 4.78 is 12.7. The number of carbonyl (C=O) groups excluding carboxylic acids is 1. The summed E-state index contributed by atoms with van der Waals surface area (Å²) in [7, 11) is 0. The topological polar surface area (TPSA) is 82.8 Å². The number of benzene rings is 2. The molecule has 0 radical (unpaired) electrons. The number of unbranched alkanes of at least 4 members (excludes halogenated alkanes) is 3. The molecule has 0 aliphatic carbocycles. The van der Waals surface area contributed by atoms with E-state index in [0.29, 0.717) is 27.7 Å². The molecule has 8 heteroatoms. The minimum atomic E-state index is -0.394. The Morgan fingerprint density at radius 3 is 2.64 bits per heavy atom. The lowest BCUT2D eigenvalue weighted by Gasteiger charge is -2.06. The molecule has 4 aromatic rings. The van der Waals surface area contributed by atoms with E-state index >= 15 is 0 Å². The Bertz CT molecular complexity index is 1360. The molecule has 0 saturated heterocycles. The predicted molar refractivity (Wildman–Crippen MR) is 129 cm³/mol. The zero-order chi connectivity index (χ0) is 23.2. The summed E-state index contributed by atoms with van der Waals surface area (Å²) in [6, 6.07) is 14.6. The minimum absolute atomic E-state index is 0.237. The highest BCUT2D eigenvalue weighted by Gasteiger charge is 2.12. The van der Waals surface area contributed by atoms with Gasteiger partial charge in [0.25, 0.3) is 5.56 Å². The maximum Gasteiger partial charge on any atom is 0.308 e. The lowest BCUT2D eigenvalue weighted by molar-refractivity contribution is -0.131. The second-order valence-corrected chi connectivity index (χ2v) is 8.65. The van der Waals surface area contributed by atoms with Crippen molar-refractivity contribution in [3.8, 4) is 22.9 Å². The summed E-state index contributed by atoms with van der Waals surface area (Å²) in [5, 5.41) is 4.40. The molecule has 0 atom stereocenters. The molecule has 0 spiro atoms. The number of ether oxygens (including phenoxy) is 2. The number of hydrogen-bond acceptors (Lipinski definition) is 7. The van der Waals surface area contributed by atoms with Crippen LogP contribution in [0.25, 0.3) is 22.4 Å². The van der Waals surface area contributed by atoms with Gasteiger partial charge in [0, 0.05) is 12.5 Å². The van der Waals surface area contributed by atoms with Crippen molar-refractivity contribution in [1.29, 1.82) is 0 Å². The van der Waals surface area contributed by atoms with Crippen molar-refractivity contribution in [2.75, 3.05) is 6.61 Å². The molecule has 0 N–H and O–H groups in total. The molecular weight excluding hydrogens is 438 g/mol. The van der Waals surface area contributed by atoms with Crippen LogP contribution < -0.4 is 19.6 Å². The second-order valence-electron chi connectivity index (χ2n) is 7.65. The number of esters is 1. The van der Waals surface area contributed by atoms with Gasteiger partial charge in [-0.25, -0.2) is 0 Å². The summed E-state index contributed by atoms with van der Waals surface area (Å²) in [5.74, 6) is 1.35. The molecule has 2 aromatic carbocycles. The number of fused-ring (bicyclic) bond motifs is 1. The third-order valence-corrected chi connectivity index (χ3v) is 5.94. The first-order chi connectivity index (χ1) is 16.0. The largest absolute Gasteiger partial charge is 0.494 e. The molecule has 0 aliphatic rings. The molecular formula is C25H25N3O4S. The van der Waals surface area contributed by atoms with E-state index in [9.17, 15) is 9.59 Å². The fraction of sp³-hybridized carbons (Fsp3) is 0.280. The maximum atomic E-state index is 12.8. The predicted octanol–water partition coefficient (Wildman–Crippen LogP) is 4.25. The van der Waals surface area contributed by atoms with Gasteiger partial charge in [-0.3, -0.25) is 9.59 Å². The summed E-state index contributed by atoms with van der Waals surface area (Å²) in [4.78, 5) is 29.0. The Labute approximate surface area is 195 Å². The highest BCUT2D eigenvalue weighted by atomic mass is 32.1. The highest BCUT2D eigenvalue weighted by molar-refractivity contribution is 7.15. The fourth-order valence-corrected chi connectivity index (χ4v) is 4.27. The van der Waals surface area contributed by atoms with Crippen molar-refractivity contribution >= 4 is 28.3 Å². The lowest BCUT2D eigenvalue weighted by Crippen LogP contribution is -2.23. The van der Waals surface area contributed by atoms with Crippen molar-refractivity contribution < 1.29 is 14.3 Å². The fourth-order valence-electron chi connectivity index (χ4n) is 3.36. The number of aromatic nitrogens is 3. The van der Waals surface area contributed by atoms with E-state index in [1.807, 2.05) is 30.3 Å². The van der Waals surface area contributed by atoms with Crippen LogP contribution in [0, 0.1) is 0 Å². The van der Waals surface area contributed by atoms with Crippen LogP contribution in [0.4, 0.5) is 0 Å². The van der Waals surface area contributed by atoms with Gasteiger partial charge in [0.05, 0.1) is 11.1 Å². The minimum Gasteiger partial charge on any atom is -0.494 e. The van der Waals surface area contributed by atoms with Crippen LogP contribution in [0.15, 0.2) is 53.3 Å². The van der Waals surface area contributed by atoms with E-state index in [1.54, 1.807) is 24.3 Å². The number of thiazole rings is 1. The molecule has 0 amide bonds. The van der Waals surface area contributed by atoms with Crippen LogP contribution in [0.3, 0.4) is 0 Å². The molecule has 0 saturated carbocycles. The van der Waals surface area contributed by atoms with Crippen molar-refractivity contribution in [2.45, 2.75) is 39.5 Å². The van der Waals surface area contributed by atoms with E-state index in [4.69, 9.17) is 9.47 Å². The number of rotatable bonds is 9. The normalized spacial score (nSPS) is 11.8. The molecule has 0 bridgehead atoms. The Hall–Kier alpha value is -3.52. The summed E-state index contributed by atoms with van der Waals surface area (Å²) in [5.41, 5.74) is 1.34. The molecule has 2 heterocycles. The van der Waals surface area contributed by atoms with E-state index in [-0.39, 0.29) is 5.56 Å². The summed E-state index contributed by atoms with van der Waals surface area (Å²) in [6.07, 6.45) is 6.40. The third kappa shape index (κ3) is 5.64. The van der Waals surface area contributed by atoms with E-state index in [1.165, 1.54) is 42.0 Å². The molecule has 0 aliphatic heterocycles. The monoisotopic (exact) mass is 463 g/mol. The van der Waals surface area contributed by atoms with Crippen molar-refractivity contribution in [2.24, 2.45) is 0 Å². The van der Waals surface area contributed by atoms with Crippen molar-refractivity contribution in [1.82, 2.24) is 14.6 Å². The lowest BCUT2D eigenvalue weighted by atomic mass is 10.2. The van der Waals surface area contributed by atoms with Crippen molar-refractivity contribution in [3.63, 3.8) is 0 Å². The first kappa shape index (κ1) is 22.7. The Morgan fingerprint density at radius 1 is 1.09 bits per heavy atom. The van der Waals surface area contributed by atoms with Gasteiger partial charge in [-0.1, -0.05) is 49.7 Å². The molecule has 7 nitrogen and oxygen atoms in total. The van der Waals surface area contributed by atoms with Crippen LogP contribution in [0.2, 0.25) is 0 Å². The van der Waals surface area contributed by atoms with Gasteiger partial charge in [0.1, 0.15) is 11.5 Å². The van der Waals surface area contributed by atoms with Crippen LogP contribution >= 0.6 is 11.3 Å². The first-order valence-electron chi connectivity index (χ1n) is 11.0. The highest BCUT2D eigenvalue weighted by Crippen LogP contribution is 2.21. The standard InChI is InChI=1S/C25H25N3O4S/c1-3-4-5-6-14-31-20-12-10-19(11-13-20)23-26-25-28(27-23)24(30)22(33-25)16-18-8-7-9-21(15-18)32-17(2)29/h7-13,15-16H,3-6,14H2,1-2H3/b22-16-. The van der Waals surface area contributed by atoms with Gasteiger partial charge in [0.15, 0.2) is 5.82 Å². The van der Waals surface area contributed by atoms with Crippen LogP contribution in [-0.2, 0) is 4.79 Å². The zero-order valence-electron chi connectivity index (χ0n) is 18.6. The van der Waals surface area contributed by atoms with Gasteiger partial charge >= 0.3 is 5.97 Å². The third-order valence-electron chi connectivity index (χ3n) is 4.98. The number of nitrogens with zero attached hydrogens (tertiary/aromatic N) is 3. The smallest absolute Gasteiger partial charge is 0.308 e. The van der Waals surface area contributed by atoms with E-state index in [2.05, 4.69) is 17.0 Å². The molecule has 170 valence electrons. The molecule has 0 fully saturated rings. The Balaban J connectivity index is 1.51. The number of hydrogen-bond donors (Lipinski definition) is 0. The van der Waals surface area contributed by atoms with Gasteiger partial charge in [-0.15, -0.1) is 5.10 Å². The van der Waals surface area contributed by atoms with Crippen LogP contribution in [0.1, 0.15) is 45.1 Å². The first-order valence-corrected chi connectivity index (χ1v) is 11.8. The zero-order valence-corrected chi connectivity index (χ0v) is 19.4. The summed E-state index contributed by atoms with van der Waals surface area (Å²) >= 11 is 1.26. The average molecular weight is 464 g/mol. The molecule has 0 unspecified atom stereocenters. The molecule has 2 aromatic heterocycles. The Kier molecular flexibility index (Phi) is 7.14.